The third kappa shape index (κ3) is 6.11. The Kier molecular flexibility index (Phi) is 8.14. The highest BCUT2D eigenvalue weighted by atomic mass is 35.5. The topological polar surface area (TPSA) is 117 Å². The Balaban J connectivity index is 0.000000405. The highest BCUT2D eigenvalue weighted by molar-refractivity contribution is 7.99. The zero-order valence-corrected chi connectivity index (χ0v) is 21.5. The summed E-state index contributed by atoms with van der Waals surface area (Å²) in [6.07, 6.45) is 2.84. The number of fused-ring (bicyclic) bond motifs is 2. The fourth-order valence-corrected chi connectivity index (χ4v) is 5.19. The number of carboxylic acids is 1. The van der Waals surface area contributed by atoms with Crippen molar-refractivity contribution in [2.75, 3.05) is 25.0 Å². The van der Waals surface area contributed by atoms with Gasteiger partial charge in [0.2, 0.25) is 0 Å². The number of likely N-dealkylation sites (N-methyl/N-ethyl adjacent to an activating group) is 1. The Morgan fingerprint density at radius 1 is 1.27 bits per heavy atom. The summed E-state index contributed by atoms with van der Waals surface area (Å²) in [6.45, 7) is 4.02. The molecule has 1 aliphatic heterocycles. The van der Waals surface area contributed by atoms with E-state index in [-0.39, 0.29) is 0 Å². The van der Waals surface area contributed by atoms with Gasteiger partial charge < -0.3 is 15.3 Å². The molecule has 3 aromatic heterocycles. The van der Waals surface area contributed by atoms with Gasteiger partial charge in [-0.1, -0.05) is 18.5 Å². The lowest BCUT2D eigenvalue weighted by Gasteiger charge is -2.21. The van der Waals surface area contributed by atoms with Gasteiger partial charge in [-0.15, -0.1) is 0 Å². The number of hydrogen-bond acceptors (Lipinski definition) is 9. The third-order valence-electron chi connectivity index (χ3n) is 5.93. The van der Waals surface area contributed by atoms with Crippen LogP contribution in [0.4, 0.5) is 19.0 Å². The predicted octanol–water partition coefficient (Wildman–Crippen LogP) is 4.31. The van der Waals surface area contributed by atoms with Crippen molar-refractivity contribution in [2.45, 2.75) is 48.5 Å². The third-order valence-corrected chi connectivity index (χ3v) is 7.21. The van der Waals surface area contributed by atoms with Crippen LogP contribution in [0.25, 0.3) is 16.2 Å². The second-order valence-electron chi connectivity index (χ2n) is 8.29. The van der Waals surface area contributed by atoms with E-state index in [0.717, 1.165) is 64.9 Å². The Hall–Kier alpha value is -3.03. The van der Waals surface area contributed by atoms with E-state index in [1.165, 1.54) is 17.3 Å². The summed E-state index contributed by atoms with van der Waals surface area (Å²) in [7, 11) is 2.01. The van der Waals surface area contributed by atoms with Crippen LogP contribution in [0, 0.1) is 0 Å². The van der Waals surface area contributed by atoms with Crippen molar-refractivity contribution in [1.82, 2.24) is 30.2 Å². The summed E-state index contributed by atoms with van der Waals surface area (Å²) >= 11 is 8.27. The lowest BCUT2D eigenvalue weighted by Crippen LogP contribution is -2.30. The van der Waals surface area contributed by atoms with Gasteiger partial charge in [-0.25, -0.2) is 24.7 Å². The molecule has 0 unspecified atom stereocenters. The number of aromatic nitrogens is 5. The molecule has 196 valence electrons. The monoisotopic (exact) mass is 553 g/mol. The molecular weight excluding hydrogens is 531 g/mol. The van der Waals surface area contributed by atoms with E-state index in [4.69, 9.17) is 31.5 Å². The minimum Gasteiger partial charge on any atom is -0.475 e. The Labute approximate surface area is 219 Å². The molecule has 0 bridgehead atoms. The van der Waals surface area contributed by atoms with Crippen molar-refractivity contribution in [3.8, 4) is 0 Å². The summed E-state index contributed by atoms with van der Waals surface area (Å²) in [5.41, 5.74) is 4.66. The number of carboxylic acid groups (broad SMARTS) is 1. The fourth-order valence-electron chi connectivity index (χ4n) is 4.02. The van der Waals surface area contributed by atoms with Gasteiger partial charge in [-0.3, -0.25) is 4.98 Å². The van der Waals surface area contributed by atoms with Crippen LogP contribution in [-0.2, 0) is 11.2 Å². The zero-order valence-electron chi connectivity index (χ0n) is 19.9. The molecule has 14 heteroatoms. The van der Waals surface area contributed by atoms with Crippen molar-refractivity contribution in [3.05, 3.63) is 41.5 Å². The van der Waals surface area contributed by atoms with Crippen LogP contribution in [0.1, 0.15) is 31.0 Å². The molecular formula is C23H23ClF3N7O2S. The van der Waals surface area contributed by atoms with Crippen molar-refractivity contribution < 1.29 is 23.1 Å². The smallest absolute Gasteiger partial charge is 0.475 e. The standard InChI is InChI=1S/C21H22ClN7S.C2HF3O2/c1-3-12-8-15-17(18(12)22)20(29-7-4-13(11-29)23-2)28-21(27-15)30-14-9-16-19(26-10-14)25-6-5-24-16;3-2(4,5)1(6)7/h5-6,9-10,13,23H,3-4,7-8,11H2,1-2H3;(H,6,7)/t13-;/m0./s1. The van der Waals surface area contributed by atoms with E-state index in [1.807, 2.05) is 13.1 Å². The highest BCUT2D eigenvalue weighted by Gasteiger charge is 2.38. The molecule has 37 heavy (non-hydrogen) atoms. The van der Waals surface area contributed by atoms with Crippen LogP contribution < -0.4 is 10.2 Å². The molecule has 0 saturated carbocycles. The van der Waals surface area contributed by atoms with Crippen LogP contribution in [0.2, 0.25) is 0 Å². The number of aliphatic carboxylic acids is 1. The molecule has 0 spiro atoms. The number of hydrogen-bond donors (Lipinski definition) is 2. The van der Waals surface area contributed by atoms with Crippen LogP contribution in [0.3, 0.4) is 0 Å². The fraction of sp³-hybridized carbons (Fsp3) is 0.391. The van der Waals surface area contributed by atoms with Crippen LogP contribution in [0.5, 0.6) is 0 Å². The first-order valence-electron chi connectivity index (χ1n) is 11.4. The maximum absolute atomic E-state index is 10.6. The molecule has 5 rings (SSSR count). The number of carbonyl (C=O) groups is 1. The minimum atomic E-state index is -5.08. The largest absolute Gasteiger partial charge is 0.490 e. The van der Waals surface area contributed by atoms with E-state index < -0.39 is 12.1 Å². The summed E-state index contributed by atoms with van der Waals surface area (Å²) in [5, 5.41) is 12.0. The summed E-state index contributed by atoms with van der Waals surface area (Å²) in [4.78, 5) is 35.0. The molecule has 4 heterocycles. The molecule has 1 aliphatic carbocycles. The number of nitrogens with one attached hydrogen (secondary N) is 1. The molecule has 1 atom stereocenters. The summed E-state index contributed by atoms with van der Waals surface area (Å²) < 4.78 is 31.7. The number of anilines is 1. The van der Waals surface area contributed by atoms with Crippen LogP contribution in [0.15, 0.2) is 40.3 Å². The van der Waals surface area contributed by atoms with E-state index in [2.05, 4.69) is 32.1 Å². The summed E-state index contributed by atoms with van der Waals surface area (Å²) in [5.74, 6) is -1.81. The lowest BCUT2D eigenvalue weighted by atomic mass is 10.2. The Morgan fingerprint density at radius 2 is 2.00 bits per heavy atom. The SMILES string of the molecule is CCC1=C(Cl)c2c(nc(Sc3cnc4nccnc4c3)nc2N2CC[C@H](NC)C2)C1.O=C(O)C(F)(F)F. The average Bonchev–Trinajstić information content (AvgIpc) is 3.48. The number of alkyl halides is 3. The van der Waals surface area contributed by atoms with E-state index in [9.17, 15) is 13.2 Å². The first-order valence-corrected chi connectivity index (χ1v) is 12.6. The molecule has 0 amide bonds. The van der Waals surface area contributed by atoms with Crippen LogP contribution >= 0.6 is 23.4 Å². The highest BCUT2D eigenvalue weighted by Crippen LogP contribution is 2.43. The van der Waals surface area contributed by atoms with Gasteiger partial charge in [0.15, 0.2) is 10.8 Å². The van der Waals surface area contributed by atoms with Gasteiger partial charge in [-0.2, -0.15) is 13.2 Å². The number of allylic oxidation sites excluding steroid dienone is 1. The summed E-state index contributed by atoms with van der Waals surface area (Å²) in [6, 6.07) is 2.44. The van der Waals surface area contributed by atoms with Crippen molar-refractivity contribution in [3.63, 3.8) is 0 Å². The number of pyridine rings is 1. The maximum Gasteiger partial charge on any atom is 0.490 e. The van der Waals surface area contributed by atoms with Gasteiger partial charge >= 0.3 is 12.1 Å². The Morgan fingerprint density at radius 3 is 2.65 bits per heavy atom. The van der Waals surface area contributed by atoms with Crippen molar-refractivity contribution >= 4 is 51.3 Å². The van der Waals surface area contributed by atoms with E-state index in [1.54, 1.807) is 18.6 Å². The average molecular weight is 554 g/mol. The van der Waals surface area contributed by atoms with E-state index in [0.29, 0.717) is 16.8 Å². The lowest BCUT2D eigenvalue weighted by molar-refractivity contribution is -0.192. The van der Waals surface area contributed by atoms with Gasteiger partial charge in [0, 0.05) is 49.0 Å². The van der Waals surface area contributed by atoms with Crippen molar-refractivity contribution in [2.24, 2.45) is 0 Å². The molecule has 3 aromatic rings. The van der Waals surface area contributed by atoms with Crippen LogP contribution in [-0.4, -0.2) is 68.4 Å². The van der Waals surface area contributed by atoms with Crippen molar-refractivity contribution in [1.29, 1.82) is 0 Å². The van der Waals surface area contributed by atoms with Gasteiger partial charge in [0.05, 0.1) is 16.3 Å². The molecule has 1 fully saturated rings. The second-order valence-corrected chi connectivity index (χ2v) is 9.71. The number of halogens is 4. The molecule has 0 radical (unpaired) electrons. The van der Waals surface area contributed by atoms with Gasteiger partial charge in [0.1, 0.15) is 11.3 Å². The quantitative estimate of drug-likeness (QED) is 0.442. The predicted molar refractivity (Wildman–Crippen MR) is 134 cm³/mol. The number of nitrogens with zero attached hydrogens (tertiary/aromatic N) is 6. The molecule has 2 N–H and O–H groups in total. The molecule has 2 aliphatic rings. The van der Waals surface area contributed by atoms with E-state index >= 15 is 0 Å². The normalized spacial score (nSPS) is 17.1. The minimum absolute atomic E-state index is 0.463. The maximum atomic E-state index is 10.6. The Bertz CT molecular complexity index is 1360. The molecule has 9 nitrogen and oxygen atoms in total. The number of rotatable bonds is 5. The second kappa shape index (κ2) is 11.2. The first kappa shape index (κ1) is 27.0. The molecule has 1 saturated heterocycles. The van der Waals surface area contributed by atoms with Gasteiger partial charge in [-0.05, 0) is 43.3 Å². The van der Waals surface area contributed by atoms with Gasteiger partial charge in [0.25, 0.3) is 0 Å². The molecule has 0 aromatic carbocycles. The zero-order chi connectivity index (χ0) is 26.7. The first-order chi connectivity index (χ1) is 17.6.